The first kappa shape index (κ1) is 13.0. The quantitative estimate of drug-likeness (QED) is 0.820. The van der Waals surface area contributed by atoms with Crippen LogP contribution >= 0.6 is 0 Å². The van der Waals surface area contributed by atoms with Gasteiger partial charge in [0.1, 0.15) is 6.04 Å². The topological polar surface area (TPSA) is 66.0 Å². The van der Waals surface area contributed by atoms with E-state index in [-0.39, 0.29) is 11.5 Å². The van der Waals surface area contributed by atoms with Crippen LogP contribution in [0.4, 0.5) is 0 Å². The Kier molecular flexibility index (Phi) is 3.67. The predicted octanol–water partition coefficient (Wildman–Crippen LogP) is 2.15. The first-order valence-electron chi connectivity index (χ1n) is 6.51. The Morgan fingerprint density at radius 3 is 2.78 bits per heavy atom. The third-order valence-corrected chi connectivity index (χ3v) is 3.64. The molecule has 0 bridgehead atoms. The van der Waals surface area contributed by atoms with Gasteiger partial charge in [-0.1, -0.05) is 20.8 Å². The van der Waals surface area contributed by atoms with Gasteiger partial charge >= 0.3 is 0 Å². The number of aryl methyl sites for hydroxylation is 1. The highest BCUT2D eigenvalue weighted by Gasteiger charge is 2.38. The first-order valence-corrected chi connectivity index (χ1v) is 6.51. The summed E-state index contributed by atoms with van der Waals surface area (Å²) in [4.78, 5) is 2.15. The van der Waals surface area contributed by atoms with Crippen molar-refractivity contribution in [1.29, 1.82) is 5.26 Å². The van der Waals surface area contributed by atoms with Gasteiger partial charge in [-0.25, -0.2) is 0 Å². The molecule has 18 heavy (non-hydrogen) atoms. The van der Waals surface area contributed by atoms with Gasteiger partial charge in [0.2, 0.25) is 11.8 Å². The van der Waals surface area contributed by atoms with Crippen molar-refractivity contribution >= 4 is 0 Å². The minimum absolute atomic E-state index is 0.0284. The second-order valence-corrected chi connectivity index (χ2v) is 5.54. The van der Waals surface area contributed by atoms with Crippen LogP contribution in [0.1, 0.15) is 45.4 Å². The molecule has 2 rings (SSSR count). The number of piperidine rings is 1. The average molecular weight is 248 g/mol. The van der Waals surface area contributed by atoms with Gasteiger partial charge in [0.05, 0.1) is 12.6 Å². The summed E-state index contributed by atoms with van der Waals surface area (Å²) in [5.41, 5.74) is 0.0284. The summed E-state index contributed by atoms with van der Waals surface area (Å²) in [5.74, 6) is 1.28. The van der Waals surface area contributed by atoms with Crippen molar-refractivity contribution in [2.24, 2.45) is 5.41 Å². The highest BCUT2D eigenvalue weighted by atomic mass is 16.4. The summed E-state index contributed by atoms with van der Waals surface area (Å²) in [6.07, 6.45) is 2.95. The maximum Gasteiger partial charge on any atom is 0.230 e. The standard InChI is InChI=1S/C13H20N4O/c1-4-11-15-16-12(18-11)9-17-7-5-6-13(2,3)10(17)8-14/h10H,4-7,9H2,1-3H3/t10-/m1/s1. The molecule has 5 nitrogen and oxygen atoms in total. The molecule has 2 heterocycles. The van der Waals surface area contributed by atoms with Crippen LogP contribution in [-0.4, -0.2) is 27.7 Å². The molecular weight excluding hydrogens is 228 g/mol. The molecule has 5 heteroatoms. The van der Waals surface area contributed by atoms with Gasteiger partial charge in [-0.05, 0) is 24.8 Å². The largest absolute Gasteiger partial charge is 0.424 e. The first-order chi connectivity index (χ1) is 8.56. The molecule has 0 radical (unpaired) electrons. The van der Waals surface area contributed by atoms with Gasteiger partial charge < -0.3 is 4.42 Å². The van der Waals surface area contributed by atoms with Gasteiger partial charge in [-0.3, -0.25) is 4.90 Å². The highest BCUT2D eigenvalue weighted by molar-refractivity contribution is 5.04. The van der Waals surface area contributed by atoms with E-state index in [1.807, 2.05) is 6.92 Å². The molecule has 1 aliphatic heterocycles. The molecule has 0 N–H and O–H groups in total. The van der Waals surface area contributed by atoms with Gasteiger partial charge in [-0.15, -0.1) is 10.2 Å². The smallest absolute Gasteiger partial charge is 0.230 e. The zero-order valence-electron chi connectivity index (χ0n) is 11.3. The zero-order valence-corrected chi connectivity index (χ0v) is 11.3. The van der Waals surface area contributed by atoms with Gasteiger partial charge in [0.25, 0.3) is 0 Å². The number of aromatic nitrogens is 2. The van der Waals surface area contributed by atoms with E-state index in [9.17, 15) is 5.26 Å². The second kappa shape index (κ2) is 5.07. The SMILES string of the molecule is CCc1nnc(CN2CCCC(C)(C)[C@H]2C#N)o1. The number of rotatable bonds is 3. The molecule has 0 amide bonds. The highest BCUT2D eigenvalue weighted by Crippen LogP contribution is 2.35. The molecule has 0 saturated carbocycles. The molecule has 0 spiro atoms. The van der Waals surface area contributed by atoms with Crippen LogP contribution in [0.2, 0.25) is 0 Å². The Hall–Kier alpha value is -1.41. The average Bonchev–Trinajstić information content (AvgIpc) is 2.76. The Bertz CT molecular complexity index is 446. The van der Waals surface area contributed by atoms with Crippen molar-refractivity contribution in [1.82, 2.24) is 15.1 Å². The molecule has 1 fully saturated rings. The maximum absolute atomic E-state index is 9.37. The van der Waals surface area contributed by atoms with Crippen LogP contribution in [0.15, 0.2) is 4.42 Å². The molecule has 1 aromatic rings. The van der Waals surface area contributed by atoms with Crippen molar-refractivity contribution in [3.05, 3.63) is 11.8 Å². The number of likely N-dealkylation sites (tertiary alicyclic amines) is 1. The van der Waals surface area contributed by atoms with Gasteiger partial charge in [0.15, 0.2) is 0 Å². The zero-order chi connectivity index (χ0) is 13.2. The lowest BCUT2D eigenvalue weighted by atomic mass is 9.77. The third kappa shape index (κ3) is 2.54. The minimum atomic E-state index is -0.0803. The Balaban J connectivity index is 2.10. The van der Waals surface area contributed by atoms with E-state index in [0.29, 0.717) is 18.3 Å². The summed E-state index contributed by atoms with van der Waals surface area (Å²) in [6, 6.07) is 2.34. The number of hydrogen-bond acceptors (Lipinski definition) is 5. The summed E-state index contributed by atoms with van der Waals surface area (Å²) >= 11 is 0. The molecule has 0 aliphatic carbocycles. The summed E-state index contributed by atoms with van der Waals surface area (Å²) in [6.45, 7) is 7.79. The lowest BCUT2D eigenvalue weighted by Gasteiger charge is -2.42. The summed E-state index contributed by atoms with van der Waals surface area (Å²) in [5, 5.41) is 17.4. The fourth-order valence-corrected chi connectivity index (χ4v) is 2.59. The van der Waals surface area contributed by atoms with Crippen LogP contribution in [0.5, 0.6) is 0 Å². The van der Waals surface area contributed by atoms with Crippen LogP contribution in [-0.2, 0) is 13.0 Å². The minimum Gasteiger partial charge on any atom is -0.424 e. The molecule has 1 aromatic heterocycles. The summed E-state index contributed by atoms with van der Waals surface area (Å²) < 4.78 is 5.52. The molecule has 1 atom stereocenters. The molecule has 1 aliphatic rings. The lowest BCUT2D eigenvalue weighted by molar-refractivity contribution is 0.0592. The van der Waals surface area contributed by atoms with E-state index in [1.165, 1.54) is 0 Å². The monoisotopic (exact) mass is 248 g/mol. The van der Waals surface area contributed by atoms with Crippen molar-refractivity contribution in [3.8, 4) is 6.07 Å². The molecule has 98 valence electrons. The maximum atomic E-state index is 9.37. The summed E-state index contributed by atoms with van der Waals surface area (Å²) in [7, 11) is 0. The van der Waals surface area contributed by atoms with Crippen molar-refractivity contribution in [2.75, 3.05) is 6.54 Å². The van der Waals surface area contributed by atoms with E-state index >= 15 is 0 Å². The van der Waals surface area contributed by atoms with Gasteiger partial charge in [0, 0.05) is 6.42 Å². The van der Waals surface area contributed by atoms with Crippen LogP contribution in [0, 0.1) is 16.7 Å². The van der Waals surface area contributed by atoms with E-state index in [2.05, 4.69) is 35.0 Å². The number of nitrogens with zero attached hydrogens (tertiary/aromatic N) is 4. The van der Waals surface area contributed by atoms with Crippen molar-refractivity contribution < 1.29 is 4.42 Å². The third-order valence-electron chi connectivity index (χ3n) is 3.64. The van der Waals surface area contributed by atoms with E-state index < -0.39 is 0 Å². The Morgan fingerprint density at radius 2 is 2.17 bits per heavy atom. The van der Waals surface area contributed by atoms with Crippen molar-refractivity contribution in [2.45, 2.75) is 52.6 Å². The fraction of sp³-hybridized carbons (Fsp3) is 0.769. The molecular formula is C13H20N4O. The molecule has 0 aromatic carbocycles. The van der Waals surface area contributed by atoms with E-state index in [1.54, 1.807) is 0 Å². The van der Waals surface area contributed by atoms with Gasteiger partial charge in [-0.2, -0.15) is 5.26 Å². The lowest BCUT2D eigenvalue weighted by Crippen LogP contribution is -2.48. The van der Waals surface area contributed by atoms with E-state index in [0.717, 1.165) is 25.8 Å². The normalized spacial score (nSPS) is 23.8. The van der Waals surface area contributed by atoms with Crippen molar-refractivity contribution in [3.63, 3.8) is 0 Å². The van der Waals surface area contributed by atoms with E-state index in [4.69, 9.17) is 4.42 Å². The number of hydrogen-bond donors (Lipinski definition) is 0. The molecule has 0 unspecified atom stereocenters. The fourth-order valence-electron chi connectivity index (χ4n) is 2.59. The predicted molar refractivity (Wildman–Crippen MR) is 66.5 cm³/mol. The molecule has 1 saturated heterocycles. The Morgan fingerprint density at radius 1 is 1.44 bits per heavy atom. The van der Waals surface area contributed by atoms with Crippen LogP contribution in [0.25, 0.3) is 0 Å². The van der Waals surface area contributed by atoms with Crippen LogP contribution < -0.4 is 0 Å². The number of nitriles is 1. The van der Waals surface area contributed by atoms with Crippen LogP contribution in [0.3, 0.4) is 0 Å². The second-order valence-electron chi connectivity index (χ2n) is 5.54. The Labute approximate surface area is 108 Å².